The Morgan fingerprint density at radius 2 is 1.42 bits per heavy atom. The third-order valence-corrected chi connectivity index (χ3v) is 21.6. The van der Waals surface area contributed by atoms with Crippen LogP contribution in [-0.4, -0.2) is 29.1 Å². The van der Waals surface area contributed by atoms with Crippen molar-refractivity contribution in [2.45, 2.75) is 92.1 Å². The van der Waals surface area contributed by atoms with E-state index >= 15 is 0 Å². The van der Waals surface area contributed by atoms with Gasteiger partial charge in [0.15, 0.2) is 0 Å². The molecular weight excluding hydrogens is 491 g/mol. The molecule has 0 aliphatic heterocycles. The van der Waals surface area contributed by atoms with Crippen molar-refractivity contribution in [2.75, 3.05) is 0 Å². The van der Waals surface area contributed by atoms with Crippen LogP contribution in [0.1, 0.15) is 78.7 Å². The van der Waals surface area contributed by atoms with Gasteiger partial charge in [-0.1, -0.05) is 0 Å². The van der Waals surface area contributed by atoms with Crippen LogP contribution in [-0.2, 0) is 0 Å². The van der Waals surface area contributed by atoms with Gasteiger partial charge in [0.25, 0.3) is 0 Å². The summed E-state index contributed by atoms with van der Waals surface area (Å²) in [6.07, 6.45) is 10.0. The van der Waals surface area contributed by atoms with Crippen LogP contribution in [0.2, 0.25) is 13.3 Å². The normalized spacial score (nSPS) is 13.3. The molecule has 0 amide bonds. The van der Waals surface area contributed by atoms with Crippen LogP contribution in [0.5, 0.6) is 0 Å². The molecular formula is C23H39BrOSn. The van der Waals surface area contributed by atoms with Crippen molar-refractivity contribution in [2.24, 2.45) is 0 Å². The van der Waals surface area contributed by atoms with E-state index in [4.69, 9.17) is 0 Å². The molecule has 1 rings (SSSR count). The quantitative estimate of drug-likeness (QED) is 0.272. The molecule has 26 heavy (non-hydrogen) atoms. The molecule has 0 heterocycles. The minimum atomic E-state index is -2.64. The summed E-state index contributed by atoms with van der Waals surface area (Å²) in [6.45, 7) is 10.8. The summed E-state index contributed by atoms with van der Waals surface area (Å²) < 4.78 is 6.97. The van der Waals surface area contributed by atoms with Crippen LogP contribution in [0, 0.1) is 0 Å². The maximum atomic E-state index is 10.7. The third-order valence-electron chi connectivity index (χ3n) is 5.26. The summed E-state index contributed by atoms with van der Waals surface area (Å²) in [6, 6.07) is 8.66. The van der Waals surface area contributed by atoms with E-state index in [9.17, 15) is 5.11 Å². The maximum absolute atomic E-state index is 10.7. The van der Waals surface area contributed by atoms with Crippen molar-refractivity contribution in [1.29, 1.82) is 0 Å². The van der Waals surface area contributed by atoms with E-state index in [2.05, 4.69) is 67.0 Å². The van der Waals surface area contributed by atoms with Gasteiger partial charge in [0.1, 0.15) is 0 Å². The molecule has 0 saturated heterocycles. The van der Waals surface area contributed by atoms with Gasteiger partial charge in [-0.05, 0) is 0 Å². The second kappa shape index (κ2) is 11.9. The van der Waals surface area contributed by atoms with Crippen molar-refractivity contribution in [3.05, 3.63) is 40.4 Å². The van der Waals surface area contributed by atoms with E-state index in [-0.39, 0.29) is 0 Å². The van der Waals surface area contributed by atoms with Crippen molar-refractivity contribution >= 4 is 37.9 Å². The second-order valence-corrected chi connectivity index (χ2v) is 22.3. The molecule has 3 heteroatoms. The molecule has 0 saturated carbocycles. The van der Waals surface area contributed by atoms with E-state index in [1.807, 2.05) is 13.8 Å². The van der Waals surface area contributed by atoms with Crippen molar-refractivity contribution in [3.8, 4) is 0 Å². The number of unbranched alkanes of at least 4 members (excludes halogenated alkanes) is 3. The number of aliphatic hydroxyl groups is 1. The molecule has 0 aromatic heterocycles. The van der Waals surface area contributed by atoms with Gasteiger partial charge in [0.2, 0.25) is 0 Å². The van der Waals surface area contributed by atoms with E-state index in [0.717, 1.165) is 0 Å². The van der Waals surface area contributed by atoms with Crippen molar-refractivity contribution in [3.63, 3.8) is 0 Å². The number of hydrogen-bond acceptors (Lipinski definition) is 1. The first-order valence-corrected chi connectivity index (χ1v) is 18.8. The molecule has 0 aliphatic carbocycles. The van der Waals surface area contributed by atoms with Crippen LogP contribution in [0.4, 0.5) is 0 Å². The number of rotatable bonds is 12. The predicted octanol–water partition coefficient (Wildman–Crippen LogP) is 7.99. The molecule has 0 unspecified atom stereocenters. The monoisotopic (exact) mass is 530 g/mol. The first-order chi connectivity index (χ1) is 12.3. The fourth-order valence-corrected chi connectivity index (χ4v) is 22.3. The molecule has 0 bridgehead atoms. The summed E-state index contributed by atoms with van der Waals surface area (Å²) in [5.74, 6) is 0. The predicted molar refractivity (Wildman–Crippen MR) is 123 cm³/mol. The Morgan fingerprint density at radius 3 is 1.81 bits per heavy atom. The molecule has 1 N–H and O–H groups in total. The topological polar surface area (TPSA) is 20.2 Å². The average Bonchev–Trinajstić information content (AvgIpc) is 2.59. The van der Waals surface area contributed by atoms with Gasteiger partial charge >= 0.3 is 175 Å². The van der Waals surface area contributed by atoms with Crippen LogP contribution >= 0.6 is 15.9 Å². The molecule has 0 fully saturated rings. The Hall–Kier alpha value is 0.199. The molecule has 0 aliphatic rings. The number of benzene rings is 1. The van der Waals surface area contributed by atoms with E-state index in [0.29, 0.717) is 0 Å². The Labute approximate surface area is 174 Å². The molecule has 0 atom stereocenters. The van der Waals surface area contributed by atoms with Crippen LogP contribution in [0.25, 0.3) is 3.59 Å². The number of halogens is 1. The summed E-state index contributed by atoms with van der Waals surface area (Å²) in [5, 5.41) is 10.7. The molecule has 0 radical (unpaired) electrons. The summed E-state index contributed by atoms with van der Waals surface area (Å²) in [4.78, 5) is 0. The summed E-state index contributed by atoms with van der Waals surface area (Å²) >= 11 is 1.17. The van der Waals surface area contributed by atoms with Crippen molar-refractivity contribution < 1.29 is 5.11 Å². The van der Waals surface area contributed by atoms with Crippen LogP contribution in [0.3, 0.4) is 0 Å². The SMILES string of the molecule is CCC[CH2][Sn]([CH2]CCC)([CH2]CCC)[C](=CC(C)(C)O)c1ccccc1Br. The van der Waals surface area contributed by atoms with E-state index in [1.165, 1.54) is 61.9 Å². The summed E-state index contributed by atoms with van der Waals surface area (Å²) in [5.41, 5.74) is 0.575. The first-order valence-electron chi connectivity index (χ1n) is 10.5. The van der Waals surface area contributed by atoms with Crippen LogP contribution in [0.15, 0.2) is 34.8 Å². The Bertz CT molecular complexity index is 538. The zero-order valence-corrected chi connectivity index (χ0v) is 22.0. The van der Waals surface area contributed by atoms with Gasteiger partial charge in [-0.15, -0.1) is 0 Å². The van der Waals surface area contributed by atoms with Crippen molar-refractivity contribution in [1.82, 2.24) is 0 Å². The van der Waals surface area contributed by atoms with Gasteiger partial charge in [0, 0.05) is 0 Å². The number of hydrogen-bond donors (Lipinski definition) is 1. The second-order valence-electron chi connectivity index (χ2n) is 8.28. The fraction of sp³-hybridized carbons (Fsp3) is 0.652. The van der Waals surface area contributed by atoms with Gasteiger partial charge in [-0.3, -0.25) is 0 Å². The molecule has 1 aromatic rings. The third kappa shape index (κ3) is 7.67. The zero-order chi connectivity index (χ0) is 19.6. The molecule has 0 spiro atoms. The van der Waals surface area contributed by atoms with E-state index < -0.39 is 24.0 Å². The average molecular weight is 530 g/mol. The zero-order valence-electron chi connectivity index (χ0n) is 17.6. The standard InChI is InChI=1S/C11H12BrO.3C4H9.Sn/c1-11(2,13)8-7-9-5-3-4-6-10(9)12;3*1-3-4-2;/h3-6,8,13H,1-2H3;3*1,3-4H2,2H3;. The first kappa shape index (κ1) is 24.2. The molecule has 1 aromatic carbocycles. The Balaban J connectivity index is 3.56. The van der Waals surface area contributed by atoms with Gasteiger partial charge in [0.05, 0.1) is 0 Å². The van der Waals surface area contributed by atoms with Gasteiger partial charge in [-0.2, -0.15) is 0 Å². The minimum absolute atomic E-state index is 0.766. The fourth-order valence-electron chi connectivity index (χ4n) is 3.87. The van der Waals surface area contributed by atoms with Crippen LogP contribution < -0.4 is 0 Å². The molecule has 1 nitrogen and oxygen atoms in total. The van der Waals surface area contributed by atoms with E-state index in [1.54, 1.807) is 3.59 Å². The molecule has 148 valence electrons. The van der Waals surface area contributed by atoms with Gasteiger partial charge < -0.3 is 0 Å². The summed E-state index contributed by atoms with van der Waals surface area (Å²) in [7, 11) is 0. The Morgan fingerprint density at radius 1 is 0.962 bits per heavy atom. The van der Waals surface area contributed by atoms with Gasteiger partial charge in [-0.25, -0.2) is 0 Å². The Kier molecular flexibility index (Phi) is 11.1.